The lowest BCUT2D eigenvalue weighted by atomic mass is 10.1. The average Bonchev–Trinajstić information content (AvgIpc) is 2.51. The van der Waals surface area contributed by atoms with Gasteiger partial charge in [0.05, 0.1) is 13.2 Å². The number of aromatic nitrogens is 3. The molecule has 0 atom stereocenters. The third kappa shape index (κ3) is 5.00. The van der Waals surface area contributed by atoms with Gasteiger partial charge in [-0.3, -0.25) is 4.79 Å². The Bertz CT molecular complexity index is 480. The summed E-state index contributed by atoms with van der Waals surface area (Å²) in [5.41, 5.74) is 0. The van der Waals surface area contributed by atoms with Gasteiger partial charge < -0.3 is 15.0 Å². The summed E-state index contributed by atoms with van der Waals surface area (Å²) in [6.45, 7) is 4.28. The molecule has 1 aromatic rings. The van der Waals surface area contributed by atoms with Gasteiger partial charge in [-0.2, -0.15) is 15.0 Å². The first-order valence-corrected chi connectivity index (χ1v) is 7.63. The van der Waals surface area contributed by atoms with Crippen LogP contribution in [-0.2, 0) is 4.79 Å². The average molecular weight is 314 g/mol. The van der Waals surface area contributed by atoms with Crippen LogP contribution in [0.4, 0.5) is 5.95 Å². The molecule has 116 valence electrons. The second-order valence-corrected chi connectivity index (χ2v) is 5.19. The summed E-state index contributed by atoms with van der Waals surface area (Å²) >= 11 is 5.82. The number of carbonyl (C=O) groups excluding carboxylic acids is 1. The molecular weight excluding hydrogens is 294 g/mol. The van der Waals surface area contributed by atoms with Crippen LogP contribution in [0.25, 0.3) is 0 Å². The fourth-order valence-electron chi connectivity index (χ4n) is 2.08. The standard InChI is InChI=1S/C13H20ClN5O2/c1-2-8-21-13-17-11(14)16-12(18-13)15-9-10(20)19-6-4-3-5-7-19/h2-9H2,1H3,(H,15,16,17,18). The molecule has 0 aromatic carbocycles. The number of carbonyl (C=O) groups is 1. The van der Waals surface area contributed by atoms with Crippen molar-refractivity contribution in [3.8, 4) is 6.01 Å². The molecule has 8 heteroatoms. The molecular formula is C13H20ClN5O2. The van der Waals surface area contributed by atoms with Crippen LogP contribution in [0.3, 0.4) is 0 Å². The summed E-state index contributed by atoms with van der Waals surface area (Å²) in [5.74, 6) is 0.300. The quantitative estimate of drug-likeness (QED) is 0.861. The summed E-state index contributed by atoms with van der Waals surface area (Å²) in [4.78, 5) is 25.8. The number of amides is 1. The van der Waals surface area contributed by atoms with Gasteiger partial charge >= 0.3 is 6.01 Å². The van der Waals surface area contributed by atoms with Crippen molar-refractivity contribution in [1.82, 2.24) is 19.9 Å². The third-order valence-corrected chi connectivity index (χ3v) is 3.30. The van der Waals surface area contributed by atoms with E-state index < -0.39 is 0 Å². The molecule has 1 fully saturated rings. The van der Waals surface area contributed by atoms with E-state index in [1.807, 2.05) is 11.8 Å². The van der Waals surface area contributed by atoms with Crippen LogP contribution in [0.2, 0.25) is 5.28 Å². The number of likely N-dealkylation sites (tertiary alicyclic amines) is 1. The molecule has 2 heterocycles. The Hall–Kier alpha value is -1.63. The van der Waals surface area contributed by atoms with E-state index in [0.717, 1.165) is 32.4 Å². The molecule has 0 saturated carbocycles. The first-order chi connectivity index (χ1) is 10.2. The summed E-state index contributed by atoms with van der Waals surface area (Å²) in [7, 11) is 0. The first-order valence-electron chi connectivity index (χ1n) is 7.25. The van der Waals surface area contributed by atoms with Crippen molar-refractivity contribution in [2.45, 2.75) is 32.6 Å². The van der Waals surface area contributed by atoms with E-state index in [1.165, 1.54) is 6.42 Å². The molecule has 1 aliphatic rings. The van der Waals surface area contributed by atoms with Crippen LogP contribution in [0.1, 0.15) is 32.6 Å². The maximum absolute atomic E-state index is 12.0. The van der Waals surface area contributed by atoms with Crippen LogP contribution in [0, 0.1) is 0 Å². The van der Waals surface area contributed by atoms with Crippen molar-refractivity contribution in [3.63, 3.8) is 0 Å². The zero-order valence-electron chi connectivity index (χ0n) is 12.1. The van der Waals surface area contributed by atoms with Gasteiger partial charge in [0.15, 0.2) is 0 Å². The highest BCUT2D eigenvalue weighted by Crippen LogP contribution is 2.12. The number of piperidine rings is 1. The summed E-state index contributed by atoms with van der Waals surface area (Å²) < 4.78 is 5.32. The molecule has 7 nitrogen and oxygen atoms in total. The number of nitrogens with zero attached hydrogens (tertiary/aromatic N) is 4. The predicted molar refractivity (Wildman–Crippen MR) is 79.5 cm³/mol. The molecule has 0 bridgehead atoms. The summed E-state index contributed by atoms with van der Waals surface area (Å²) in [6.07, 6.45) is 4.18. The van der Waals surface area contributed by atoms with Crippen molar-refractivity contribution in [3.05, 3.63) is 5.28 Å². The number of hydrogen-bond donors (Lipinski definition) is 1. The van der Waals surface area contributed by atoms with Gasteiger partial charge in [-0.15, -0.1) is 0 Å². The molecule has 21 heavy (non-hydrogen) atoms. The summed E-state index contributed by atoms with van der Waals surface area (Å²) in [5, 5.41) is 2.93. The fourth-order valence-corrected chi connectivity index (χ4v) is 2.23. The maximum atomic E-state index is 12.0. The molecule has 1 saturated heterocycles. The Balaban J connectivity index is 1.89. The number of ether oxygens (including phenoxy) is 1. The highest BCUT2D eigenvalue weighted by molar-refractivity contribution is 6.28. The molecule has 0 spiro atoms. The molecule has 0 unspecified atom stereocenters. The molecule has 0 radical (unpaired) electrons. The Morgan fingerprint density at radius 3 is 2.76 bits per heavy atom. The lowest BCUT2D eigenvalue weighted by molar-refractivity contribution is -0.130. The molecule has 1 aromatic heterocycles. The van der Waals surface area contributed by atoms with Gasteiger partial charge in [0.1, 0.15) is 0 Å². The second-order valence-electron chi connectivity index (χ2n) is 4.85. The van der Waals surface area contributed by atoms with E-state index in [0.29, 0.717) is 6.61 Å². The molecule has 1 aliphatic heterocycles. The zero-order valence-corrected chi connectivity index (χ0v) is 12.9. The van der Waals surface area contributed by atoms with Crippen LogP contribution in [-0.4, -0.2) is 52.0 Å². The van der Waals surface area contributed by atoms with E-state index in [1.54, 1.807) is 0 Å². The summed E-state index contributed by atoms with van der Waals surface area (Å²) in [6, 6.07) is 0.171. The number of rotatable bonds is 6. The van der Waals surface area contributed by atoms with Crippen molar-refractivity contribution < 1.29 is 9.53 Å². The largest absolute Gasteiger partial charge is 0.463 e. The van der Waals surface area contributed by atoms with E-state index in [4.69, 9.17) is 16.3 Å². The number of anilines is 1. The first kappa shape index (κ1) is 15.8. The van der Waals surface area contributed by atoms with Gasteiger partial charge in [-0.25, -0.2) is 0 Å². The number of halogens is 1. The van der Waals surface area contributed by atoms with Gasteiger partial charge in [0, 0.05) is 13.1 Å². The molecule has 2 rings (SSSR count). The maximum Gasteiger partial charge on any atom is 0.322 e. The van der Waals surface area contributed by atoms with Gasteiger partial charge in [-0.05, 0) is 37.3 Å². The topological polar surface area (TPSA) is 80.2 Å². The highest BCUT2D eigenvalue weighted by Gasteiger charge is 2.16. The third-order valence-electron chi connectivity index (χ3n) is 3.13. The SMILES string of the molecule is CCCOc1nc(Cl)nc(NCC(=O)N2CCCCC2)n1. The minimum atomic E-state index is 0.0438. The van der Waals surface area contributed by atoms with Gasteiger partial charge in [0.2, 0.25) is 17.1 Å². The van der Waals surface area contributed by atoms with Crippen LogP contribution < -0.4 is 10.1 Å². The minimum absolute atomic E-state index is 0.0438. The lowest BCUT2D eigenvalue weighted by Gasteiger charge is -2.26. The normalized spacial score (nSPS) is 14.9. The van der Waals surface area contributed by atoms with Crippen molar-refractivity contribution in [2.75, 3.05) is 31.6 Å². The monoisotopic (exact) mass is 313 g/mol. The zero-order chi connectivity index (χ0) is 15.1. The predicted octanol–water partition coefficient (Wildman–Crippen LogP) is 1.74. The lowest BCUT2D eigenvalue weighted by Crippen LogP contribution is -2.39. The van der Waals surface area contributed by atoms with E-state index in [-0.39, 0.29) is 29.7 Å². The number of nitrogens with one attached hydrogen (secondary N) is 1. The van der Waals surface area contributed by atoms with Crippen LogP contribution in [0.15, 0.2) is 0 Å². The molecule has 1 N–H and O–H groups in total. The van der Waals surface area contributed by atoms with Crippen molar-refractivity contribution >= 4 is 23.5 Å². The van der Waals surface area contributed by atoms with Gasteiger partial charge in [0.25, 0.3) is 0 Å². The van der Waals surface area contributed by atoms with E-state index in [2.05, 4.69) is 20.3 Å². The van der Waals surface area contributed by atoms with Gasteiger partial charge in [-0.1, -0.05) is 6.92 Å². The molecule has 0 aliphatic carbocycles. The van der Waals surface area contributed by atoms with Crippen molar-refractivity contribution in [2.24, 2.45) is 0 Å². The second kappa shape index (κ2) is 7.97. The van der Waals surface area contributed by atoms with E-state index >= 15 is 0 Å². The van der Waals surface area contributed by atoms with Crippen LogP contribution in [0.5, 0.6) is 6.01 Å². The fraction of sp³-hybridized carbons (Fsp3) is 0.692. The Labute approximate surface area is 129 Å². The molecule has 1 amide bonds. The smallest absolute Gasteiger partial charge is 0.322 e. The van der Waals surface area contributed by atoms with Crippen LogP contribution >= 0.6 is 11.6 Å². The Morgan fingerprint density at radius 1 is 1.29 bits per heavy atom. The Morgan fingerprint density at radius 2 is 2.05 bits per heavy atom. The van der Waals surface area contributed by atoms with E-state index in [9.17, 15) is 4.79 Å². The Kier molecular flexibility index (Phi) is 5.98. The van der Waals surface area contributed by atoms with Crippen molar-refractivity contribution in [1.29, 1.82) is 0 Å². The minimum Gasteiger partial charge on any atom is -0.463 e. The highest BCUT2D eigenvalue weighted by atomic mass is 35.5. The number of hydrogen-bond acceptors (Lipinski definition) is 6.